The van der Waals surface area contributed by atoms with E-state index in [1.807, 2.05) is 0 Å². The van der Waals surface area contributed by atoms with E-state index in [9.17, 15) is 8.42 Å². The molecular weight excluding hydrogens is 266 g/mol. The van der Waals surface area contributed by atoms with Crippen molar-refractivity contribution in [3.8, 4) is 0 Å². The third-order valence-electron chi connectivity index (χ3n) is 3.21. The van der Waals surface area contributed by atoms with Gasteiger partial charge in [0.25, 0.3) is 0 Å². The van der Waals surface area contributed by atoms with E-state index in [1.54, 1.807) is 35.4 Å². The predicted octanol–water partition coefficient (Wildman–Crippen LogP) is 0.309. The van der Waals surface area contributed by atoms with Gasteiger partial charge in [0.15, 0.2) is 0 Å². The molecule has 7 nitrogen and oxygen atoms in total. The lowest BCUT2D eigenvalue weighted by Crippen LogP contribution is -2.29. The molecule has 3 rings (SSSR count). The molecule has 0 N–H and O–H groups in total. The number of aromatic nitrogens is 4. The van der Waals surface area contributed by atoms with Crippen molar-refractivity contribution in [1.82, 2.24) is 24.3 Å². The Balaban J connectivity index is 1.81. The summed E-state index contributed by atoms with van der Waals surface area (Å²) in [6.07, 6.45) is 7.02. The second kappa shape index (κ2) is 4.71. The van der Waals surface area contributed by atoms with Crippen molar-refractivity contribution in [3.63, 3.8) is 0 Å². The highest BCUT2D eigenvalue weighted by atomic mass is 32.2. The van der Waals surface area contributed by atoms with Crippen LogP contribution in [0.5, 0.6) is 0 Å². The first kappa shape index (κ1) is 12.2. The molecule has 0 saturated carbocycles. The van der Waals surface area contributed by atoms with Crippen LogP contribution in [0.15, 0.2) is 41.8 Å². The zero-order valence-electron chi connectivity index (χ0n) is 10.1. The summed E-state index contributed by atoms with van der Waals surface area (Å²) in [6, 6.07) is 3.23. The Morgan fingerprint density at radius 3 is 2.89 bits per heavy atom. The monoisotopic (exact) mass is 279 g/mol. The van der Waals surface area contributed by atoms with Crippen LogP contribution in [0.3, 0.4) is 0 Å². The number of sulfonamides is 1. The zero-order valence-corrected chi connectivity index (χ0v) is 10.9. The Hall–Kier alpha value is -1.80. The van der Waals surface area contributed by atoms with Crippen LogP contribution in [0, 0.1) is 0 Å². The van der Waals surface area contributed by atoms with Gasteiger partial charge in [-0.15, -0.1) is 5.10 Å². The van der Waals surface area contributed by atoms with Crippen LogP contribution in [0.2, 0.25) is 0 Å². The smallest absolute Gasteiger partial charge is 0.244 e. The molecule has 1 aliphatic rings. The van der Waals surface area contributed by atoms with Crippen LogP contribution in [0.4, 0.5) is 0 Å². The molecule has 1 atom stereocenters. The minimum atomic E-state index is -3.45. The molecular formula is C11H13N5O2S. The molecule has 0 spiro atoms. The minimum Gasteiger partial charge on any atom is -0.263 e. The fraction of sp³-hybridized carbons (Fsp3) is 0.364. The van der Waals surface area contributed by atoms with Crippen LogP contribution >= 0.6 is 0 Å². The largest absolute Gasteiger partial charge is 0.263 e. The summed E-state index contributed by atoms with van der Waals surface area (Å²) in [5.41, 5.74) is 0. The van der Waals surface area contributed by atoms with Crippen molar-refractivity contribution in [2.24, 2.45) is 0 Å². The molecule has 19 heavy (non-hydrogen) atoms. The van der Waals surface area contributed by atoms with Gasteiger partial charge in [0.05, 0.1) is 12.2 Å². The fourth-order valence-corrected chi connectivity index (χ4v) is 3.66. The lowest BCUT2D eigenvalue weighted by molar-refractivity contribution is 0.428. The van der Waals surface area contributed by atoms with E-state index in [1.165, 1.54) is 10.5 Å². The molecule has 0 aliphatic carbocycles. The number of rotatable bonds is 3. The van der Waals surface area contributed by atoms with Crippen LogP contribution in [-0.2, 0) is 10.0 Å². The summed E-state index contributed by atoms with van der Waals surface area (Å²) in [6.45, 7) is 0.905. The van der Waals surface area contributed by atoms with Crippen molar-refractivity contribution >= 4 is 10.0 Å². The summed E-state index contributed by atoms with van der Waals surface area (Å²) < 4.78 is 28.0. The lowest BCUT2D eigenvalue weighted by Gasteiger charge is -2.16. The van der Waals surface area contributed by atoms with E-state index in [0.717, 1.165) is 6.42 Å². The highest BCUT2D eigenvalue weighted by Gasteiger charge is 2.33. The molecule has 0 unspecified atom stereocenters. The van der Waals surface area contributed by atoms with Gasteiger partial charge < -0.3 is 0 Å². The molecule has 2 aromatic rings. The number of pyridine rings is 1. The van der Waals surface area contributed by atoms with Gasteiger partial charge in [-0.05, 0) is 18.6 Å². The second-order valence-corrected chi connectivity index (χ2v) is 6.32. The molecule has 0 aromatic carbocycles. The van der Waals surface area contributed by atoms with Gasteiger partial charge >= 0.3 is 0 Å². The van der Waals surface area contributed by atoms with E-state index in [2.05, 4.69) is 15.3 Å². The molecule has 0 amide bonds. The van der Waals surface area contributed by atoms with Crippen LogP contribution in [-0.4, -0.2) is 45.8 Å². The molecule has 1 aliphatic heterocycles. The lowest BCUT2D eigenvalue weighted by atomic mass is 10.3. The molecule has 0 radical (unpaired) electrons. The predicted molar refractivity (Wildman–Crippen MR) is 66.7 cm³/mol. The first-order chi connectivity index (χ1) is 9.18. The SMILES string of the molecule is O=S(=O)(c1cccnc1)N1CC[C@@H](n2ccnn2)C1. The van der Waals surface area contributed by atoms with E-state index in [-0.39, 0.29) is 10.9 Å². The molecule has 1 saturated heterocycles. The van der Waals surface area contributed by atoms with Crippen LogP contribution < -0.4 is 0 Å². The van der Waals surface area contributed by atoms with E-state index < -0.39 is 10.0 Å². The quantitative estimate of drug-likeness (QED) is 0.807. The van der Waals surface area contributed by atoms with Gasteiger partial charge in [-0.1, -0.05) is 5.21 Å². The van der Waals surface area contributed by atoms with Crippen molar-refractivity contribution in [2.45, 2.75) is 17.4 Å². The molecule has 0 bridgehead atoms. The Morgan fingerprint density at radius 2 is 2.21 bits per heavy atom. The molecule has 100 valence electrons. The average Bonchev–Trinajstić information content (AvgIpc) is 3.10. The van der Waals surface area contributed by atoms with Gasteiger partial charge in [0, 0.05) is 31.7 Å². The normalized spacial score (nSPS) is 20.7. The van der Waals surface area contributed by atoms with Crippen LogP contribution in [0.1, 0.15) is 12.5 Å². The first-order valence-electron chi connectivity index (χ1n) is 5.94. The highest BCUT2D eigenvalue weighted by molar-refractivity contribution is 7.89. The third-order valence-corrected chi connectivity index (χ3v) is 5.06. The van der Waals surface area contributed by atoms with Crippen molar-refractivity contribution in [2.75, 3.05) is 13.1 Å². The summed E-state index contributed by atoms with van der Waals surface area (Å²) in [7, 11) is -3.45. The Morgan fingerprint density at radius 1 is 1.32 bits per heavy atom. The van der Waals surface area contributed by atoms with E-state index in [0.29, 0.717) is 13.1 Å². The van der Waals surface area contributed by atoms with Crippen LogP contribution in [0.25, 0.3) is 0 Å². The standard InChI is InChI=1S/C11H13N5O2S/c17-19(18,11-2-1-4-12-8-11)15-6-3-10(9-15)16-7-5-13-14-16/h1-2,4-5,7-8,10H,3,6,9H2/t10-/m1/s1. The molecule has 3 heterocycles. The second-order valence-electron chi connectivity index (χ2n) is 4.38. The number of hydrogen-bond donors (Lipinski definition) is 0. The van der Waals surface area contributed by atoms with Crippen molar-refractivity contribution in [1.29, 1.82) is 0 Å². The van der Waals surface area contributed by atoms with Gasteiger partial charge in [0.2, 0.25) is 10.0 Å². The summed E-state index contributed by atoms with van der Waals surface area (Å²) >= 11 is 0. The van der Waals surface area contributed by atoms with Gasteiger partial charge in [-0.25, -0.2) is 13.1 Å². The maximum Gasteiger partial charge on any atom is 0.244 e. The maximum atomic E-state index is 12.4. The molecule has 8 heteroatoms. The van der Waals surface area contributed by atoms with Crippen molar-refractivity contribution in [3.05, 3.63) is 36.9 Å². The Bertz CT molecular complexity index is 641. The summed E-state index contributed by atoms with van der Waals surface area (Å²) in [4.78, 5) is 4.09. The summed E-state index contributed by atoms with van der Waals surface area (Å²) in [5, 5.41) is 7.67. The topological polar surface area (TPSA) is 81.0 Å². The Labute approximate surface area is 110 Å². The fourth-order valence-electron chi connectivity index (χ4n) is 2.21. The first-order valence-corrected chi connectivity index (χ1v) is 7.38. The zero-order chi connectivity index (χ0) is 13.3. The van der Waals surface area contributed by atoms with Gasteiger partial charge in [0.1, 0.15) is 4.90 Å². The van der Waals surface area contributed by atoms with Gasteiger partial charge in [-0.2, -0.15) is 4.31 Å². The van der Waals surface area contributed by atoms with Crippen molar-refractivity contribution < 1.29 is 8.42 Å². The number of hydrogen-bond acceptors (Lipinski definition) is 5. The minimum absolute atomic E-state index is 0.0500. The summed E-state index contributed by atoms with van der Waals surface area (Å²) in [5.74, 6) is 0. The molecule has 1 fully saturated rings. The third kappa shape index (κ3) is 2.24. The average molecular weight is 279 g/mol. The van der Waals surface area contributed by atoms with Gasteiger partial charge in [-0.3, -0.25) is 4.98 Å². The van der Waals surface area contributed by atoms with E-state index >= 15 is 0 Å². The Kier molecular flexibility index (Phi) is 3.03. The number of nitrogens with zero attached hydrogens (tertiary/aromatic N) is 5. The molecule has 2 aromatic heterocycles. The highest BCUT2D eigenvalue weighted by Crippen LogP contribution is 2.26. The maximum absolute atomic E-state index is 12.4. The van der Waals surface area contributed by atoms with E-state index in [4.69, 9.17) is 0 Å².